The fourth-order valence-electron chi connectivity index (χ4n) is 1.26. The van der Waals surface area contributed by atoms with Gasteiger partial charge >= 0.3 is 5.43 Å². The predicted molar refractivity (Wildman–Crippen MR) is 60.0 cm³/mol. The van der Waals surface area contributed by atoms with Crippen molar-refractivity contribution in [1.29, 1.82) is 0 Å². The molecule has 15 heavy (non-hydrogen) atoms. The van der Waals surface area contributed by atoms with E-state index in [2.05, 4.69) is 21.8 Å². The molecule has 0 aliphatic rings. The molecule has 1 rings (SSSR count). The van der Waals surface area contributed by atoms with E-state index in [4.69, 9.17) is 11.6 Å². The van der Waals surface area contributed by atoms with Crippen LogP contribution in [0.15, 0.2) is 30.3 Å². The fraction of sp³-hybridized carbons (Fsp3) is 0.364. The highest BCUT2D eigenvalue weighted by Gasteiger charge is 2.01. The first-order valence-electron chi connectivity index (χ1n) is 4.73. The summed E-state index contributed by atoms with van der Waals surface area (Å²) in [6.07, 6.45) is 0. The summed E-state index contributed by atoms with van der Waals surface area (Å²) in [5, 5.41) is 0. The molecule has 0 unspecified atom stereocenters. The van der Waals surface area contributed by atoms with Crippen LogP contribution in [0.3, 0.4) is 0 Å². The van der Waals surface area contributed by atoms with E-state index < -0.39 is 5.43 Å². The first-order chi connectivity index (χ1) is 7.18. The Bertz CT molecular complexity index is 303. The van der Waals surface area contributed by atoms with Crippen molar-refractivity contribution in [2.45, 2.75) is 6.54 Å². The van der Waals surface area contributed by atoms with Gasteiger partial charge in [-0.15, -0.1) is 0 Å². The summed E-state index contributed by atoms with van der Waals surface area (Å²) in [6, 6.07) is 10.1. The summed E-state index contributed by atoms with van der Waals surface area (Å²) in [6.45, 7) is 1.83. The van der Waals surface area contributed by atoms with Gasteiger partial charge in [0.1, 0.15) is 6.61 Å². The van der Waals surface area contributed by atoms with E-state index in [0.29, 0.717) is 13.2 Å². The molecule has 0 aromatic heterocycles. The highest BCUT2D eigenvalue weighted by molar-refractivity contribution is 6.61. The molecule has 1 aromatic rings. The van der Waals surface area contributed by atoms with Gasteiger partial charge in [0.2, 0.25) is 0 Å². The van der Waals surface area contributed by atoms with E-state index >= 15 is 0 Å². The Labute approximate surface area is 94.6 Å². The Morgan fingerprint density at radius 3 is 2.67 bits per heavy atom. The Kier molecular flexibility index (Phi) is 5.15. The fourth-order valence-corrected chi connectivity index (χ4v) is 1.33. The highest BCUT2D eigenvalue weighted by Crippen LogP contribution is 2.02. The third-order valence-electron chi connectivity index (χ3n) is 1.98. The second kappa shape index (κ2) is 6.43. The Morgan fingerprint density at radius 2 is 2.07 bits per heavy atom. The van der Waals surface area contributed by atoms with E-state index in [0.717, 1.165) is 6.54 Å². The quantitative estimate of drug-likeness (QED) is 0.724. The Hall–Kier alpha value is -1.06. The minimum Gasteiger partial charge on any atom is -0.452 e. The maximum atomic E-state index is 10.3. The first-order valence-corrected chi connectivity index (χ1v) is 5.11. The summed E-state index contributed by atoms with van der Waals surface area (Å²) in [7, 11) is 1.97. The van der Waals surface area contributed by atoms with Gasteiger partial charge in [-0.05, 0) is 12.6 Å². The van der Waals surface area contributed by atoms with Crippen molar-refractivity contribution in [1.82, 2.24) is 4.90 Å². The topological polar surface area (TPSA) is 29.5 Å². The van der Waals surface area contributed by atoms with Crippen LogP contribution in [0, 0.1) is 0 Å². The normalized spacial score (nSPS) is 10.3. The molecule has 4 heteroatoms. The number of ether oxygens (including phenoxy) is 1. The number of benzene rings is 1. The largest absolute Gasteiger partial charge is 0.452 e. The lowest BCUT2D eigenvalue weighted by atomic mass is 10.2. The van der Waals surface area contributed by atoms with Gasteiger partial charge in [-0.25, -0.2) is 4.79 Å². The molecular weight excluding hydrogens is 214 g/mol. The number of halogens is 1. The van der Waals surface area contributed by atoms with Crippen LogP contribution in [0.5, 0.6) is 0 Å². The molecule has 0 bridgehead atoms. The highest BCUT2D eigenvalue weighted by atomic mass is 35.5. The van der Waals surface area contributed by atoms with E-state index in [9.17, 15) is 4.79 Å². The SMILES string of the molecule is CN(CCOC(=O)Cl)Cc1ccccc1. The van der Waals surface area contributed by atoms with Crippen LogP contribution < -0.4 is 0 Å². The van der Waals surface area contributed by atoms with Gasteiger partial charge in [0, 0.05) is 24.7 Å². The van der Waals surface area contributed by atoms with Crippen molar-refractivity contribution < 1.29 is 9.53 Å². The van der Waals surface area contributed by atoms with Crippen LogP contribution in [-0.4, -0.2) is 30.5 Å². The van der Waals surface area contributed by atoms with Crippen LogP contribution in [0.4, 0.5) is 4.79 Å². The molecule has 0 spiro atoms. The van der Waals surface area contributed by atoms with Crippen molar-refractivity contribution in [2.75, 3.05) is 20.2 Å². The van der Waals surface area contributed by atoms with Crippen LogP contribution >= 0.6 is 11.6 Å². The average molecular weight is 228 g/mol. The van der Waals surface area contributed by atoms with Gasteiger partial charge < -0.3 is 4.74 Å². The van der Waals surface area contributed by atoms with Crippen LogP contribution in [0.2, 0.25) is 0 Å². The monoisotopic (exact) mass is 227 g/mol. The van der Waals surface area contributed by atoms with Crippen LogP contribution in [-0.2, 0) is 11.3 Å². The van der Waals surface area contributed by atoms with E-state index in [1.807, 2.05) is 25.2 Å². The molecule has 0 aliphatic carbocycles. The molecule has 0 fully saturated rings. The first kappa shape index (κ1) is 12.0. The number of rotatable bonds is 5. The maximum absolute atomic E-state index is 10.3. The summed E-state index contributed by atoms with van der Waals surface area (Å²) < 4.78 is 4.64. The Balaban J connectivity index is 2.24. The number of carbonyl (C=O) groups excluding carboxylic acids is 1. The lowest BCUT2D eigenvalue weighted by Crippen LogP contribution is -2.23. The number of hydrogen-bond donors (Lipinski definition) is 0. The minimum atomic E-state index is -0.747. The third-order valence-corrected chi connectivity index (χ3v) is 2.09. The summed E-state index contributed by atoms with van der Waals surface area (Å²) in [5.41, 5.74) is 0.486. The zero-order valence-electron chi connectivity index (χ0n) is 8.65. The van der Waals surface area contributed by atoms with Gasteiger partial charge in [0.25, 0.3) is 0 Å². The second-order valence-corrected chi connectivity index (χ2v) is 3.62. The second-order valence-electron chi connectivity index (χ2n) is 3.31. The molecule has 1 aromatic carbocycles. The minimum absolute atomic E-state index is 0.325. The summed E-state index contributed by atoms with van der Waals surface area (Å²) in [4.78, 5) is 12.4. The molecule has 0 amide bonds. The molecule has 0 atom stereocenters. The number of likely N-dealkylation sites (N-methyl/N-ethyl adjacent to an activating group) is 1. The molecule has 0 saturated heterocycles. The van der Waals surface area contributed by atoms with Crippen molar-refractivity contribution in [3.05, 3.63) is 35.9 Å². The zero-order chi connectivity index (χ0) is 11.1. The van der Waals surface area contributed by atoms with Gasteiger partial charge in [-0.2, -0.15) is 0 Å². The van der Waals surface area contributed by atoms with Crippen molar-refractivity contribution in [2.24, 2.45) is 0 Å². The molecule has 0 N–H and O–H groups in total. The number of nitrogens with zero attached hydrogens (tertiary/aromatic N) is 1. The predicted octanol–water partition coefficient (Wildman–Crippen LogP) is 2.49. The van der Waals surface area contributed by atoms with Crippen LogP contribution in [0.1, 0.15) is 5.56 Å². The zero-order valence-corrected chi connectivity index (χ0v) is 9.41. The molecule has 0 saturated carbocycles. The van der Waals surface area contributed by atoms with E-state index in [-0.39, 0.29) is 0 Å². The third kappa shape index (κ3) is 5.40. The molecule has 0 heterocycles. The maximum Gasteiger partial charge on any atom is 0.403 e. The number of hydrogen-bond acceptors (Lipinski definition) is 3. The van der Waals surface area contributed by atoms with Crippen molar-refractivity contribution in [3.8, 4) is 0 Å². The Morgan fingerprint density at radius 1 is 1.40 bits per heavy atom. The summed E-state index contributed by atoms with van der Waals surface area (Å²) in [5.74, 6) is 0. The smallest absolute Gasteiger partial charge is 0.403 e. The molecule has 0 radical (unpaired) electrons. The lowest BCUT2D eigenvalue weighted by molar-refractivity contribution is 0.155. The molecule has 3 nitrogen and oxygen atoms in total. The molecular formula is C11H14ClNO2. The molecule has 0 aliphatic heterocycles. The standard InChI is InChI=1S/C11H14ClNO2/c1-13(7-8-15-11(12)14)9-10-5-3-2-4-6-10/h2-6H,7-9H2,1H3. The van der Waals surface area contributed by atoms with Gasteiger partial charge in [0.05, 0.1) is 0 Å². The van der Waals surface area contributed by atoms with Gasteiger partial charge in [-0.3, -0.25) is 4.90 Å². The van der Waals surface area contributed by atoms with Crippen molar-refractivity contribution in [3.63, 3.8) is 0 Å². The van der Waals surface area contributed by atoms with Crippen molar-refractivity contribution >= 4 is 17.0 Å². The average Bonchev–Trinajstić information content (AvgIpc) is 2.18. The lowest BCUT2D eigenvalue weighted by Gasteiger charge is -2.15. The van der Waals surface area contributed by atoms with Crippen LogP contribution in [0.25, 0.3) is 0 Å². The van der Waals surface area contributed by atoms with E-state index in [1.54, 1.807) is 0 Å². The summed E-state index contributed by atoms with van der Waals surface area (Å²) >= 11 is 5.04. The van der Waals surface area contributed by atoms with E-state index in [1.165, 1.54) is 5.56 Å². The van der Waals surface area contributed by atoms with Gasteiger partial charge in [-0.1, -0.05) is 30.3 Å². The number of carbonyl (C=O) groups is 1. The molecule has 82 valence electrons. The van der Waals surface area contributed by atoms with Gasteiger partial charge in [0.15, 0.2) is 0 Å².